The number of aromatic amines is 1. The van der Waals surface area contributed by atoms with Gasteiger partial charge in [-0.2, -0.15) is 5.10 Å². The van der Waals surface area contributed by atoms with E-state index in [4.69, 9.17) is 0 Å². The van der Waals surface area contributed by atoms with Gasteiger partial charge in [-0.25, -0.2) is 0 Å². The van der Waals surface area contributed by atoms with E-state index in [9.17, 15) is 9.59 Å². The zero-order valence-electron chi connectivity index (χ0n) is 17.9. The largest absolute Gasteiger partial charge is 0.341 e. The van der Waals surface area contributed by atoms with Crippen LogP contribution in [-0.2, 0) is 24.3 Å². The smallest absolute Gasteiger partial charge is 0.255 e. The number of rotatable bonds is 6. The minimum Gasteiger partial charge on any atom is -0.341 e. The molecule has 7 nitrogen and oxygen atoms in total. The molecule has 1 aliphatic carbocycles. The summed E-state index contributed by atoms with van der Waals surface area (Å²) in [4.78, 5) is 30.4. The first-order valence-electron chi connectivity index (χ1n) is 11.1. The number of piperidine rings is 1. The number of H-pyrrole nitrogens is 1. The minimum atomic E-state index is -0.115. The second-order valence-corrected chi connectivity index (χ2v) is 9.86. The Hall–Kier alpha value is -2.41. The van der Waals surface area contributed by atoms with Gasteiger partial charge >= 0.3 is 0 Å². The Bertz CT molecular complexity index is 992. The van der Waals surface area contributed by atoms with Crippen LogP contribution in [-0.4, -0.2) is 57.2 Å². The van der Waals surface area contributed by atoms with E-state index in [0.29, 0.717) is 18.4 Å². The first kappa shape index (κ1) is 19.5. The highest BCUT2D eigenvalue weighted by Gasteiger charge is 2.49. The van der Waals surface area contributed by atoms with E-state index in [1.54, 1.807) is 0 Å². The van der Waals surface area contributed by atoms with Crippen molar-refractivity contribution in [3.63, 3.8) is 0 Å². The van der Waals surface area contributed by atoms with Crippen molar-refractivity contribution in [3.8, 4) is 0 Å². The number of hydrogen-bond donors (Lipinski definition) is 1. The summed E-state index contributed by atoms with van der Waals surface area (Å²) in [5.74, 6) is 0.988. The van der Waals surface area contributed by atoms with Gasteiger partial charge in [-0.1, -0.05) is 13.0 Å². The maximum Gasteiger partial charge on any atom is 0.255 e. The maximum atomic E-state index is 13.2. The van der Waals surface area contributed by atoms with Crippen molar-refractivity contribution in [1.29, 1.82) is 0 Å². The summed E-state index contributed by atoms with van der Waals surface area (Å²) in [6.07, 6.45) is 7.79. The number of carbonyl (C=O) groups excluding carboxylic acids is 1. The molecule has 0 unspecified atom stereocenters. The molecule has 2 aromatic heterocycles. The van der Waals surface area contributed by atoms with Gasteiger partial charge in [0.1, 0.15) is 0 Å². The third-order valence-electron chi connectivity index (χ3n) is 7.26. The third-order valence-corrected chi connectivity index (χ3v) is 7.26. The quantitative estimate of drug-likeness (QED) is 0.792. The molecule has 0 aromatic carbocycles. The molecule has 1 amide bonds. The lowest BCUT2D eigenvalue weighted by Crippen LogP contribution is -2.51. The van der Waals surface area contributed by atoms with Gasteiger partial charge in [0.25, 0.3) is 5.56 Å². The molecule has 2 bridgehead atoms. The highest BCUT2D eigenvalue weighted by atomic mass is 16.2. The molecule has 0 radical (unpaired) electrons. The monoisotopic (exact) mass is 409 g/mol. The fourth-order valence-electron chi connectivity index (χ4n) is 5.16. The molecule has 2 aliphatic heterocycles. The highest BCUT2D eigenvalue weighted by molar-refractivity contribution is 5.85. The second kappa shape index (κ2) is 7.38. The summed E-state index contributed by atoms with van der Waals surface area (Å²) in [5.41, 5.74) is 3.17. The summed E-state index contributed by atoms with van der Waals surface area (Å²) >= 11 is 0. The van der Waals surface area contributed by atoms with Crippen molar-refractivity contribution in [1.82, 2.24) is 24.6 Å². The summed E-state index contributed by atoms with van der Waals surface area (Å²) in [6, 6.07) is 4.14. The average Bonchev–Trinajstić information content (AvgIpc) is 3.26. The van der Waals surface area contributed by atoms with Crippen LogP contribution in [0.2, 0.25) is 0 Å². The van der Waals surface area contributed by atoms with E-state index in [1.165, 1.54) is 5.56 Å². The lowest BCUT2D eigenvalue weighted by atomic mass is 9.82. The van der Waals surface area contributed by atoms with E-state index in [2.05, 4.69) is 40.0 Å². The molecule has 1 saturated carbocycles. The van der Waals surface area contributed by atoms with E-state index in [-0.39, 0.29) is 16.9 Å². The van der Waals surface area contributed by atoms with Gasteiger partial charge < -0.3 is 14.4 Å². The maximum absolute atomic E-state index is 13.2. The van der Waals surface area contributed by atoms with Crippen molar-refractivity contribution >= 4 is 5.91 Å². The van der Waals surface area contributed by atoms with Crippen LogP contribution < -0.4 is 5.56 Å². The molecule has 2 fully saturated rings. The first-order chi connectivity index (χ1) is 14.4. The molecule has 4 heterocycles. The van der Waals surface area contributed by atoms with Crippen molar-refractivity contribution in [2.45, 2.75) is 51.6 Å². The van der Waals surface area contributed by atoms with Gasteiger partial charge in [-0.15, -0.1) is 0 Å². The molecule has 3 aliphatic rings. The lowest BCUT2D eigenvalue weighted by molar-refractivity contribution is -0.139. The number of nitrogens with one attached hydrogen (secondary N) is 1. The summed E-state index contributed by atoms with van der Waals surface area (Å²) < 4.78 is 2.00. The van der Waals surface area contributed by atoms with Gasteiger partial charge in [-0.3, -0.25) is 14.7 Å². The molecular weight excluding hydrogens is 378 g/mol. The number of amides is 1. The number of nitrogens with zero attached hydrogens (tertiary/aromatic N) is 4. The predicted molar refractivity (Wildman–Crippen MR) is 114 cm³/mol. The average molecular weight is 410 g/mol. The molecular formula is C23H31N5O2. The minimum absolute atomic E-state index is 0.115. The van der Waals surface area contributed by atoms with Crippen molar-refractivity contribution in [2.24, 2.45) is 11.3 Å². The van der Waals surface area contributed by atoms with Crippen LogP contribution >= 0.6 is 0 Å². The van der Waals surface area contributed by atoms with E-state index in [0.717, 1.165) is 63.1 Å². The predicted octanol–water partition coefficient (Wildman–Crippen LogP) is 1.99. The zero-order valence-corrected chi connectivity index (χ0v) is 17.9. The highest BCUT2D eigenvalue weighted by Crippen LogP contribution is 2.48. The topological polar surface area (TPSA) is 74.2 Å². The Kier molecular flexibility index (Phi) is 4.81. The van der Waals surface area contributed by atoms with Gasteiger partial charge in [0.2, 0.25) is 5.91 Å². The van der Waals surface area contributed by atoms with E-state index >= 15 is 0 Å². The molecule has 7 heteroatoms. The molecule has 2 atom stereocenters. The molecule has 1 saturated heterocycles. The number of pyridine rings is 1. The second-order valence-electron chi connectivity index (χ2n) is 9.86. The number of carbonyl (C=O) groups is 1. The fourth-order valence-corrected chi connectivity index (χ4v) is 5.16. The van der Waals surface area contributed by atoms with Crippen molar-refractivity contribution in [3.05, 3.63) is 51.7 Å². The van der Waals surface area contributed by atoms with Crippen LogP contribution in [0.4, 0.5) is 0 Å². The van der Waals surface area contributed by atoms with Crippen molar-refractivity contribution in [2.75, 3.05) is 26.7 Å². The van der Waals surface area contributed by atoms with E-state index in [1.807, 2.05) is 23.0 Å². The van der Waals surface area contributed by atoms with Crippen LogP contribution in [0, 0.1) is 11.3 Å². The Morgan fingerprint density at radius 1 is 1.30 bits per heavy atom. The summed E-state index contributed by atoms with van der Waals surface area (Å²) in [6.45, 7) is 5.91. The molecule has 1 N–H and O–H groups in total. The van der Waals surface area contributed by atoms with Crippen LogP contribution in [0.15, 0.2) is 29.3 Å². The standard InChI is InChI=1S/C23H31N5O2/c1-23(6-7-23)22(30)27-12-17-9-19(15-27)20-4-3-18(21(29)28(20)13-17)14-26(2)8-5-16-10-24-25-11-16/h3-4,10-11,17,19H,5-9,12-15H2,1-2H3,(H,24,25)/t17-,19+/m0/s1. The van der Waals surface area contributed by atoms with Gasteiger partial charge in [0.05, 0.1) is 6.20 Å². The molecule has 160 valence electrons. The molecule has 0 spiro atoms. The lowest BCUT2D eigenvalue weighted by Gasteiger charge is -2.43. The molecule has 5 rings (SSSR count). The summed E-state index contributed by atoms with van der Waals surface area (Å²) in [7, 11) is 2.06. The fraction of sp³-hybridized carbons (Fsp3) is 0.609. The van der Waals surface area contributed by atoms with Crippen LogP contribution in [0.1, 0.15) is 48.9 Å². The molecule has 2 aromatic rings. The SMILES string of the molecule is CN(CCc1cn[nH]c1)Cc1ccc2n(c1=O)C[C@H]1C[C@@H]2CN(C(=O)C2(C)CC2)C1. The van der Waals surface area contributed by atoms with Gasteiger partial charge in [0.15, 0.2) is 0 Å². The Labute approximate surface area is 177 Å². The van der Waals surface area contributed by atoms with Gasteiger partial charge in [-0.05, 0) is 50.3 Å². The zero-order chi connectivity index (χ0) is 20.9. The Balaban J connectivity index is 1.29. The Morgan fingerprint density at radius 2 is 2.13 bits per heavy atom. The summed E-state index contributed by atoms with van der Waals surface area (Å²) in [5, 5.41) is 6.83. The van der Waals surface area contributed by atoms with Crippen LogP contribution in [0.25, 0.3) is 0 Å². The number of fused-ring (bicyclic) bond motifs is 4. The Morgan fingerprint density at radius 3 is 2.87 bits per heavy atom. The van der Waals surface area contributed by atoms with Crippen LogP contribution in [0.3, 0.4) is 0 Å². The van der Waals surface area contributed by atoms with Crippen molar-refractivity contribution < 1.29 is 4.79 Å². The number of likely N-dealkylation sites (N-methyl/N-ethyl adjacent to an activating group) is 1. The number of likely N-dealkylation sites (tertiary alicyclic amines) is 1. The number of hydrogen-bond acceptors (Lipinski definition) is 4. The van der Waals surface area contributed by atoms with Gasteiger partial charge in [0, 0.05) is 61.5 Å². The first-order valence-corrected chi connectivity index (χ1v) is 11.1. The van der Waals surface area contributed by atoms with E-state index < -0.39 is 0 Å². The normalized spacial score (nSPS) is 24.0. The third kappa shape index (κ3) is 3.60. The number of aromatic nitrogens is 3. The van der Waals surface area contributed by atoms with Crippen LogP contribution in [0.5, 0.6) is 0 Å². The molecule has 30 heavy (non-hydrogen) atoms.